The highest BCUT2D eigenvalue weighted by atomic mass is 16.5. The fraction of sp³-hybridized carbons (Fsp3) is 0.240. The van der Waals surface area contributed by atoms with E-state index in [1.165, 1.54) is 0 Å². The van der Waals surface area contributed by atoms with Crippen LogP contribution in [-0.4, -0.2) is 13.0 Å². The summed E-state index contributed by atoms with van der Waals surface area (Å²) in [6.07, 6.45) is 0.782. The molecule has 3 aromatic carbocycles. The van der Waals surface area contributed by atoms with Crippen LogP contribution in [0.3, 0.4) is 0 Å². The summed E-state index contributed by atoms with van der Waals surface area (Å²) in [4.78, 5) is 13.0. The summed E-state index contributed by atoms with van der Waals surface area (Å²) in [5, 5.41) is 3.14. The van der Waals surface area contributed by atoms with Crippen LogP contribution in [0.15, 0.2) is 72.8 Å². The lowest BCUT2D eigenvalue weighted by atomic mass is 10.0. The molecule has 4 heteroatoms. The normalized spacial score (nSPS) is 11.6. The minimum atomic E-state index is -0.144. The maximum absolute atomic E-state index is 13.0. The molecule has 150 valence electrons. The molecule has 1 N–H and O–H groups in total. The summed E-state index contributed by atoms with van der Waals surface area (Å²) in [7, 11) is 1.66. The maximum atomic E-state index is 13.0. The van der Waals surface area contributed by atoms with Gasteiger partial charge in [0.25, 0.3) is 5.91 Å². The number of rotatable bonds is 8. The van der Waals surface area contributed by atoms with Crippen LogP contribution in [0, 0.1) is 6.92 Å². The molecule has 0 saturated carbocycles. The minimum Gasteiger partial charge on any atom is -0.496 e. The second-order valence-corrected chi connectivity index (χ2v) is 6.93. The van der Waals surface area contributed by atoms with Crippen LogP contribution in [0.5, 0.6) is 11.5 Å². The van der Waals surface area contributed by atoms with Crippen molar-refractivity contribution in [2.24, 2.45) is 0 Å². The van der Waals surface area contributed by atoms with E-state index in [1.54, 1.807) is 13.2 Å². The molecule has 3 aromatic rings. The Morgan fingerprint density at radius 2 is 1.69 bits per heavy atom. The topological polar surface area (TPSA) is 47.6 Å². The van der Waals surface area contributed by atoms with Crippen LogP contribution >= 0.6 is 0 Å². The van der Waals surface area contributed by atoms with E-state index in [9.17, 15) is 4.79 Å². The van der Waals surface area contributed by atoms with E-state index in [1.807, 2.05) is 67.6 Å². The van der Waals surface area contributed by atoms with Crippen LogP contribution < -0.4 is 14.8 Å². The quantitative estimate of drug-likeness (QED) is 0.556. The number of carbonyl (C=O) groups excluding carboxylic acids is 1. The average Bonchev–Trinajstić information content (AvgIpc) is 2.76. The molecular formula is C25H27NO3. The van der Waals surface area contributed by atoms with Gasteiger partial charge in [-0.15, -0.1) is 0 Å². The molecule has 0 aliphatic heterocycles. The number of nitrogens with one attached hydrogen (secondary N) is 1. The lowest BCUT2D eigenvalue weighted by molar-refractivity contribution is 0.0931. The minimum absolute atomic E-state index is 0.0886. The van der Waals surface area contributed by atoms with Gasteiger partial charge >= 0.3 is 0 Å². The summed E-state index contributed by atoms with van der Waals surface area (Å²) >= 11 is 0. The molecule has 0 unspecified atom stereocenters. The highest BCUT2D eigenvalue weighted by Crippen LogP contribution is 2.26. The highest BCUT2D eigenvalue weighted by molar-refractivity contribution is 5.97. The second kappa shape index (κ2) is 9.78. The first kappa shape index (κ1) is 20.5. The van der Waals surface area contributed by atoms with Crippen LogP contribution in [0.2, 0.25) is 0 Å². The summed E-state index contributed by atoms with van der Waals surface area (Å²) < 4.78 is 11.3. The Balaban J connectivity index is 1.75. The molecule has 0 aliphatic rings. The van der Waals surface area contributed by atoms with E-state index < -0.39 is 0 Å². The highest BCUT2D eigenvalue weighted by Gasteiger charge is 2.18. The molecule has 0 aliphatic carbocycles. The fourth-order valence-electron chi connectivity index (χ4n) is 3.29. The summed E-state index contributed by atoms with van der Waals surface area (Å²) in [5.41, 5.74) is 3.70. The van der Waals surface area contributed by atoms with Gasteiger partial charge in [0.1, 0.15) is 18.1 Å². The Labute approximate surface area is 172 Å². The predicted octanol–water partition coefficient (Wildman–Crippen LogP) is 5.46. The van der Waals surface area contributed by atoms with Crippen molar-refractivity contribution >= 4 is 5.91 Å². The van der Waals surface area contributed by atoms with Gasteiger partial charge in [0.05, 0.1) is 18.7 Å². The molecule has 0 fully saturated rings. The molecule has 0 saturated heterocycles. The number of amides is 1. The molecule has 1 amide bonds. The number of methoxy groups -OCH3 is 1. The van der Waals surface area contributed by atoms with E-state index >= 15 is 0 Å². The van der Waals surface area contributed by atoms with Crippen LogP contribution in [0.25, 0.3) is 0 Å². The largest absolute Gasteiger partial charge is 0.496 e. The Morgan fingerprint density at radius 3 is 2.38 bits per heavy atom. The van der Waals surface area contributed by atoms with Crippen LogP contribution in [-0.2, 0) is 6.61 Å². The van der Waals surface area contributed by atoms with Gasteiger partial charge in [0.15, 0.2) is 0 Å². The first-order chi connectivity index (χ1) is 14.1. The van der Waals surface area contributed by atoms with Gasteiger partial charge < -0.3 is 14.8 Å². The van der Waals surface area contributed by atoms with Crippen molar-refractivity contribution in [3.8, 4) is 11.5 Å². The van der Waals surface area contributed by atoms with Crippen molar-refractivity contribution in [3.63, 3.8) is 0 Å². The van der Waals surface area contributed by atoms with Gasteiger partial charge in [0.2, 0.25) is 0 Å². The Hall–Kier alpha value is -3.27. The molecule has 0 radical (unpaired) electrons. The fourth-order valence-corrected chi connectivity index (χ4v) is 3.29. The zero-order valence-electron chi connectivity index (χ0n) is 17.1. The summed E-state index contributed by atoms with van der Waals surface area (Å²) in [5.74, 6) is 1.28. The molecule has 0 spiro atoms. The number of hydrogen-bond acceptors (Lipinski definition) is 3. The molecule has 0 aromatic heterocycles. The smallest absolute Gasteiger partial charge is 0.255 e. The van der Waals surface area contributed by atoms with Gasteiger partial charge in [-0.05, 0) is 48.2 Å². The number of ether oxygens (including phenoxy) is 2. The SMILES string of the molecule is CC[C@@H](NC(=O)c1ccccc1OCc1ccccc1)c1ccc(OC)c(C)c1. The van der Waals surface area contributed by atoms with E-state index in [0.717, 1.165) is 28.9 Å². The van der Waals surface area contributed by atoms with E-state index in [0.29, 0.717) is 17.9 Å². The lowest BCUT2D eigenvalue weighted by Gasteiger charge is -2.20. The van der Waals surface area contributed by atoms with E-state index in [2.05, 4.69) is 18.3 Å². The third-order valence-electron chi connectivity index (χ3n) is 4.90. The number of hydrogen-bond donors (Lipinski definition) is 1. The van der Waals surface area contributed by atoms with Crippen molar-refractivity contribution in [1.29, 1.82) is 0 Å². The zero-order valence-corrected chi connectivity index (χ0v) is 17.1. The van der Waals surface area contributed by atoms with Crippen molar-refractivity contribution < 1.29 is 14.3 Å². The first-order valence-electron chi connectivity index (χ1n) is 9.83. The summed E-state index contributed by atoms with van der Waals surface area (Å²) in [6, 6.07) is 23.2. The van der Waals surface area contributed by atoms with Crippen LogP contribution in [0.1, 0.15) is 46.4 Å². The van der Waals surface area contributed by atoms with Crippen molar-refractivity contribution in [2.75, 3.05) is 7.11 Å². The number of para-hydroxylation sites is 1. The molecule has 3 rings (SSSR count). The molecule has 4 nitrogen and oxygen atoms in total. The van der Waals surface area contributed by atoms with Gasteiger partial charge in [-0.2, -0.15) is 0 Å². The molecule has 1 atom stereocenters. The molecule has 29 heavy (non-hydrogen) atoms. The Morgan fingerprint density at radius 1 is 0.966 bits per heavy atom. The molecular weight excluding hydrogens is 362 g/mol. The number of carbonyl (C=O) groups is 1. The third kappa shape index (κ3) is 5.17. The third-order valence-corrected chi connectivity index (χ3v) is 4.90. The van der Waals surface area contributed by atoms with Gasteiger partial charge in [-0.3, -0.25) is 4.79 Å². The molecule has 0 bridgehead atoms. The van der Waals surface area contributed by atoms with Crippen molar-refractivity contribution in [3.05, 3.63) is 95.1 Å². The average molecular weight is 389 g/mol. The van der Waals surface area contributed by atoms with E-state index in [-0.39, 0.29) is 11.9 Å². The molecule has 0 heterocycles. The number of benzene rings is 3. The zero-order chi connectivity index (χ0) is 20.6. The Bertz CT molecular complexity index is 953. The second-order valence-electron chi connectivity index (χ2n) is 6.93. The number of aryl methyl sites for hydroxylation is 1. The monoisotopic (exact) mass is 389 g/mol. The van der Waals surface area contributed by atoms with Crippen LogP contribution in [0.4, 0.5) is 0 Å². The van der Waals surface area contributed by atoms with Gasteiger partial charge in [0, 0.05) is 0 Å². The Kier molecular flexibility index (Phi) is 6.90. The standard InChI is InChI=1S/C25H27NO3/c1-4-22(20-14-15-23(28-3)18(2)16-20)26-25(27)21-12-8-9-13-24(21)29-17-19-10-6-5-7-11-19/h5-16,22H,4,17H2,1-3H3,(H,26,27)/t22-/m1/s1. The lowest BCUT2D eigenvalue weighted by Crippen LogP contribution is -2.28. The maximum Gasteiger partial charge on any atom is 0.255 e. The van der Waals surface area contributed by atoms with Gasteiger partial charge in [-0.25, -0.2) is 0 Å². The van der Waals surface area contributed by atoms with Crippen molar-refractivity contribution in [2.45, 2.75) is 32.9 Å². The predicted molar refractivity (Wildman–Crippen MR) is 115 cm³/mol. The van der Waals surface area contributed by atoms with E-state index in [4.69, 9.17) is 9.47 Å². The van der Waals surface area contributed by atoms with Crippen molar-refractivity contribution in [1.82, 2.24) is 5.32 Å². The first-order valence-corrected chi connectivity index (χ1v) is 9.83. The summed E-state index contributed by atoms with van der Waals surface area (Å²) in [6.45, 7) is 4.48. The van der Waals surface area contributed by atoms with Gasteiger partial charge in [-0.1, -0.05) is 61.5 Å².